The van der Waals surface area contributed by atoms with Crippen LogP contribution >= 0.6 is 0 Å². The van der Waals surface area contributed by atoms with Crippen molar-refractivity contribution < 1.29 is 9.52 Å². The first-order valence-electron chi connectivity index (χ1n) is 2.56. The molecular weight excluding hydrogens is 138 g/mol. The Morgan fingerprint density at radius 1 is 1.60 bits per heavy atom. The normalized spacial score (nSPS) is 9.70. The molecule has 2 N–H and O–H groups in total. The molecule has 1 heterocycles. The number of aliphatic hydroxyl groups is 1. The smallest absolute Gasteiger partial charge is 0.417 e. The first-order chi connectivity index (χ1) is 4.74. The Kier molecular flexibility index (Phi) is 1.68. The van der Waals surface area contributed by atoms with Gasteiger partial charge in [-0.15, -0.1) is 0 Å². The summed E-state index contributed by atoms with van der Waals surface area (Å²) in [5, 5.41) is 8.43. The molecule has 0 aromatic carbocycles. The molecule has 0 fully saturated rings. The van der Waals surface area contributed by atoms with Crippen LogP contribution in [-0.4, -0.2) is 10.1 Å². The second-order valence-corrected chi connectivity index (χ2v) is 1.66. The standard InChI is InChI=1S/C5H5NO4/c7-1-3-2-10-5(9)6-4(3)8/h2,7H,1H2,(H,6,8,9). The molecule has 10 heavy (non-hydrogen) atoms. The minimum absolute atomic E-state index is 0.0413. The molecule has 0 saturated carbocycles. The molecule has 0 bridgehead atoms. The quantitative estimate of drug-likeness (QED) is 0.518. The van der Waals surface area contributed by atoms with Gasteiger partial charge in [0.1, 0.15) is 6.26 Å². The maximum atomic E-state index is 10.6. The number of H-pyrrole nitrogens is 1. The summed E-state index contributed by atoms with van der Waals surface area (Å²) < 4.78 is 4.26. The third-order valence-electron chi connectivity index (χ3n) is 0.986. The van der Waals surface area contributed by atoms with Gasteiger partial charge in [-0.25, -0.2) is 4.79 Å². The number of nitrogens with one attached hydrogen (secondary N) is 1. The summed E-state index contributed by atoms with van der Waals surface area (Å²) in [6, 6.07) is 0. The van der Waals surface area contributed by atoms with Crippen molar-refractivity contribution in [2.24, 2.45) is 0 Å². The van der Waals surface area contributed by atoms with Crippen LogP contribution in [0.3, 0.4) is 0 Å². The Labute approximate surface area is 54.9 Å². The van der Waals surface area contributed by atoms with E-state index in [1.165, 1.54) is 0 Å². The van der Waals surface area contributed by atoms with Crippen LogP contribution in [0.5, 0.6) is 0 Å². The van der Waals surface area contributed by atoms with Gasteiger partial charge in [0, 0.05) is 0 Å². The molecule has 54 valence electrons. The molecule has 0 aliphatic carbocycles. The van der Waals surface area contributed by atoms with Crippen molar-refractivity contribution in [2.45, 2.75) is 6.61 Å². The molecule has 5 heteroatoms. The Morgan fingerprint density at radius 3 is 2.80 bits per heavy atom. The van der Waals surface area contributed by atoms with Crippen molar-refractivity contribution in [1.82, 2.24) is 4.98 Å². The van der Waals surface area contributed by atoms with Crippen LogP contribution in [0.2, 0.25) is 0 Å². The molecule has 0 unspecified atom stereocenters. The van der Waals surface area contributed by atoms with Crippen molar-refractivity contribution in [3.05, 3.63) is 32.7 Å². The van der Waals surface area contributed by atoms with Gasteiger partial charge in [0.2, 0.25) is 0 Å². The second kappa shape index (κ2) is 2.49. The molecule has 0 spiro atoms. The maximum absolute atomic E-state index is 10.6. The first kappa shape index (κ1) is 6.76. The van der Waals surface area contributed by atoms with E-state index >= 15 is 0 Å². The van der Waals surface area contributed by atoms with E-state index in [-0.39, 0.29) is 5.56 Å². The summed E-state index contributed by atoms with van der Waals surface area (Å²) in [7, 11) is 0. The van der Waals surface area contributed by atoms with Crippen molar-refractivity contribution in [2.75, 3.05) is 0 Å². The Morgan fingerprint density at radius 2 is 2.30 bits per heavy atom. The molecule has 0 atom stereocenters. The third-order valence-corrected chi connectivity index (χ3v) is 0.986. The van der Waals surface area contributed by atoms with Crippen LogP contribution in [0.25, 0.3) is 0 Å². The lowest BCUT2D eigenvalue weighted by molar-refractivity contribution is 0.273. The molecule has 0 radical (unpaired) electrons. The van der Waals surface area contributed by atoms with Crippen molar-refractivity contribution in [3.63, 3.8) is 0 Å². The van der Waals surface area contributed by atoms with E-state index in [0.29, 0.717) is 0 Å². The van der Waals surface area contributed by atoms with Crippen molar-refractivity contribution >= 4 is 0 Å². The lowest BCUT2D eigenvalue weighted by Crippen LogP contribution is -2.21. The lowest BCUT2D eigenvalue weighted by Gasteiger charge is -1.88. The Balaban J connectivity index is 3.34. The van der Waals surface area contributed by atoms with Gasteiger partial charge in [-0.05, 0) is 0 Å². The molecule has 0 amide bonds. The van der Waals surface area contributed by atoms with Gasteiger partial charge >= 0.3 is 5.76 Å². The summed E-state index contributed by atoms with van der Waals surface area (Å²) in [4.78, 5) is 22.7. The van der Waals surface area contributed by atoms with E-state index in [9.17, 15) is 9.59 Å². The highest BCUT2D eigenvalue weighted by molar-refractivity contribution is 4.98. The van der Waals surface area contributed by atoms with Crippen LogP contribution in [0.4, 0.5) is 0 Å². The van der Waals surface area contributed by atoms with Gasteiger partial charge in [-0.2, -0.15) is 0 Å². The van der Waals surface area contributed by atoms with Gasteiger partial charge in [0.05, 0.1) is 12.2 Å². The highest BCUT2D eigenvalue weighted by Gasteiger charge is 1.97. The van der Waals surface area contributed by atoms with E-state index in [2.05, 4.69) is 4.42 Å². The number of rotatable bonds is 1. The molecular formula is C5H5NO4. The van der Waals surface area contributed by atoms with Crippen LogP contribution in [-0.2, 0) is 6.61 Å². The monoisotopic (exact) mass is 143 g/mol. The molecule has 1 aromatic heterocycles. The van der Waals surface area contributed by atoms with E-state index in [4.69, 9.17) is 5.11 Å². The summed E-state index contributed by atoms with van der Waals surface area (Å²) in [5.41, 5.74) is -0.571. The zero-order valence-corrected chi connectivity index (χ0v) is 4.96. The number of aromatic amines is 1. The highest BCUT2D eigenvalue weighted by atomic mass is 16.4. The second-order valence-electron chi connectivity index (χ2n) is 1.66. The van der Waals surface area contributed by atoms with Gasteiger partial charge in [-0.1, -0.05) is 0 Å². The fraction of sp³-hybridized carbons (Fsp3) is 0.200. The number of hydrogen-bond acceptors (Lipinski definition) is 4. The van der Waals surface area contributed by atoms with E-state index in [1.54, 1.807) is 0 Å². The SMILES string of the molecule is O=c1[nH]c(=O)c(CO)co1. The minimum Gasteiger partial charge on any atom is -0.417 e. The predicted molar refractivity (Wildman–Crippen MR) is 31.5 cm³/mol. The van der Waals surface area contributed by atoms with Gasteiger partial charge in [-0.3, -0.25) is 9.78 Å². The summed E-state index contributed by atoms with van der Waals surface area (Å²) in [6.45, 7) is -0.431. The lowest BCUT2D eigenvalue weighted by atomic mass is 10.4. The van der Waals surface area contributed by atoms with Gasteiger partial charge in [0.25, 0.3) is 5.56 Å². The van der Waals surface area contributed by atoms with Crippen LogP contribution in [0.15, 0.2) is 20.3 Å². The fourth-order valence-corrected chi connectivity index (χ4v) is 0.490. The van der Waals surface area contributed by atoms with Crippen LogP contribution in [0, 0.1) is 0 Å². The molecule has 0 aliphatic rings. The molecule has 1 aromatic rings. The zero-order valence-electron chi connectivity index (χ0n) is 4.96. The van der Waals surface area contributed by atoms with E-state index in [1.807, 2.05) is 4.98 Å². The van der Waals surface area contributed by atoms with Crippen molar-refractivity contribution in [1.29, 1.82) is 0 Å². The van der Waals surface area contributed by atoms with Crippen molar-refractivity contribution in [3.8, 4) is 0 Å². The fourth-order valence-electron chi connectivity index (χ4n) is 0.490. The summed E-state index contributed by atoms with van der Waals surface area (Å²) >= 11 is 0. The average Bonchev–Trinajstić information content (AvgIpc) is 1.88. The van der Waals surface area contributed by atoms with E-state index < -0.39 is 17.9 Å². The number of aliphatic hydroxyl groups excluding tert-OH is 1. The maximum Gasteiger partial charge on any atom is 0.419 e. The van der Waals surface area contributed by atoms with E-state index in [0.717, 1.165) is 6.26 Å². The molecule has 0 saturated heterocycles. The highest BCUT2D eigenvalue weighted by Crippen LogP contribution is 1.82. The molecule has 1 rings (SSSR count). The molecule has 5 nitrogen and oxygen atoms in total. The number of hydrogen-bond donors (Lipinski definition) is 2. The number of aromatic nitrogens is 1. The Bertz CT molecular complexity index is 323. The summed E-state index contributed by atoms with van der Waals surface area (Å²) in [5.74, 6) is -0.817. The summed E-state index contributed by atoms with van der Waals surface area (Å²) in [6.07, 6.45) is 0.932. The molecule has 0 aliphatic heterocycles. The van der Waals surface area contributed by atoms with Gasteiger partial charge in [0.15, 0.2) is 0 Å². The van der Waals surface area contributed by atoms with Crippen LogP contribution in [0.1, 0.15) is 5.56 Å². The Hall–Kier alpha value is -1.36. The van der Waals surface area contributed by atoms with Crippen LogP contribution < -0.4 is 11.3 Å². The third kappa shape index (κ3) is 1.14. The topological polar surface area (TPSA) is 83.3 Å². The first-order valence-corrected chi connectivity index (χ1v) is 2.56. The minimum atomic E-state index is -0.817. The largest absolute Gasteiger partial charge is 0.419 e. The van der Waals surface area contributed by atoms with Gasteiger partial charge < -0.3 is 9.52 Å². The predicted octanol–water partition coefficient (Wildman–Crippen LogP) is -1.18. The average molecular weight is 143 g/mol. The zero-order chi connectivity index (χ0) is 7.56.